The van der Waals surface area contributed by atoms with Gasteiger partial charge in [0.2, 0.25) is 5.91 Å². The minimum absolute atomic E-state index is 0.168. The lowest BCUT2D eigenvalue weighted by Crippen LogP contribution is -2.57. The van der Waals surface area contributed by atoms with Crippen molar-refractivity contribution >= 4 is 28.9 Å². The number of ether oxygens (including phenoxy) is 2. The summed E-state index contributed by atoms with van der Waals surface area (Å²) in [6.45, 7) is 9.21. The third-order valence-corrected chi connectivity index (χ3v) is 5.35. The number of hydrogen-bond acceptors (Lipinski definition) is 5. The van der Waals surface area contributed by atoms with Crippen molar-refractivity contribution in [3.63, 3.8) is 0 Å². The Labute approximate surface area is 182 Å². The monoisotopic (exact) mass is 429 g/mol. The van der Waals surface area contributed by atoms with Gasteiger partial charge in [-0.2, -0.15) is 0 Å². The maximum atomic E-state index is 13.3. The lowest BCUT2D eigenvalue weighted by molar-refractivity contribution is -0.147. The second-order valence-corrected chi connectivity index (χ2v) is 9.21. The minimum atomic E-state index is -0.813. The molecule has 31 heavy (non-hydrogen) atoms. The summed E-state index contributed by atoms with van der Waals surface area (Å²) in [5.74, 6) is -1.10. The fraction of sp³-hybridized carbons (Fsp3) is 0.522. The van der Waals surface area contributed by atoms with Gasteiger partial charge in [-0.3, -0.25) is 9.69 Å². The van der Waals surface area contributed by atoms with Crippen molar-refractivity contribution in [1.82, 2.24) is 15.2 Å². The molecular weight excluding hydrogens is 398 g/mol. The number of nitrogens with zero attached hydrogens (tertiary/aromatic N) is 1. The quantitative estimate of drug-likeness (QED) is 0.727. The van der Waals surface area contributed by atoms with Gasteiger partial charge in [0, 0.05) is 23.0 Å². The van der Waals surface area contributed by atoms with E-state index in [0.29, 0.717) is 6.42 Å². The van der Waals surface area contributed by atoms with Crippen LogP contribution in [0.2, 0.25) is 0 Å². The molecule has 0 spiro atoms. The van der Waals surface area contributed by atoms with Crippen LogP contribution in [0.3, 0.4) is 0 Å². The standard InChI is InChI=1S/C23H31N3O5/c1-13(2)19(21(28)30-6)25-20(27)18-11-15-14-9-7-8-10-16(14)24-17(15)12-26(18)22(29)31-23(3,4)5/h7-10,13,18-19,24H,11-12H2,1-6H3,(H,25,27)/t18-,19-/m0/s1. The van der Waals surface area contributed by atoms with E-state index in [1.807, 2.05) is 38.1 Å². The molecular formula is C23H31N3O5. The zero-order valence-corrected chi connectivity index (χ0v) is 18.9. The van der Waals surface area contributed by atoms with Crippen LogP contribution < -0.4 is 5.32 Å². The van der Waals surface area contributed by atoms with Crippen LogP contribution in [0.5, 0.6) is 0 Å². The van der Waals surface area contributed by atoms with Gasteiger partial charge < -0.3 is 19.8 Å². The van der Waals surface area contributed by atoms with E-state index in [-0.39, 0.29) is 12.5 Å². The first-order valence-electron chi connectivity index (χ1n) is 10.5. The van der Waals surface area contributed by atoms with Gasteiger partial charge in [0.1, 0.15) is 17.7 Å². The molecule has 2 atom stereocenters. The molecule has 1 aliphatic heterocycles. The number of fused-ring (bicyclic) bond motifs is 3. The Morgan fingerprint density at radius 2 is 1.87 bits per heavy atom. The molecule has 0 fully saturated rings. The van der Waals surface area contributed by atoms with Crippen molar-refractivity contribution in [3.8, 4) is 0 Å². The number of benzene rings is 1. The van der Waals surface area contributed by atoms with Gasteiger partial charge in [-0.25, -0.2) is 9.59 Å². The van der Waals surface area contributed by atoms with Crippen LogP contribution in [0.4, 0.5) is 4.79 Å². The number of amides is 2. The summed E-state index contributed by atoms with van der Waals surface area (Å²) in [6, 6.07) is 6.22. The summed E-state index contributed by atoms with van der Waals surface area (Å²) in [7, 11) is 1.29. The van der Waals surface area contributed by atoms with E-state index in [9.17, 15) is 14.4 Å². The molecule has 1 aromatic heterocycles. The summed E-state index contributed by atoms with van der Waals surface area (Å²) < 4.78 is 10.4. The first-order valence-corrected chi connectivity index (χ1v) is 10.5. The number of para-hydroxylation sites is 1. The largest absolute Gasteiger partial charge is 0.467 e. The summed E-state index contributed by atoms with van der Waals surface area (Å²) in [4.78, 5) is 43.2. The van der Waals surface area contributed by atoms with Gasteiger partial charge in [-0.05, 0) is 38.3 Å². The molecule has 0 saturated carbocycles. The lowest BCUT2D eigenvalue weighted by Gasteiger charge is -2.36. The zero-order valence-electron chi connectivity index (χ0n) is 18.9. The number of hydrogen-bond donors (Lipinski definition) is 2. The molecule has 2 aromatic rings. The number of aromatic amines is 1. The number of methoxy groups -OCH3 is 1. The van der Waals surface area contributed by atoms with E-state index >= 15 is 0 Å². The van der Waals surface area contributed by atoms with E-state index in [4.69, 9.17) is 9.47 Å². The van der Waals surface area contributed by atoms with Crippen molar-refractivity contribution in [2.75, 3.05) is 7.11 Å². The highest BCUT2D eigenvalue weighted by Gasteiger charge is 2.40. The van der Waals surface area contributed by atoms with Gasteiger partial charge in [0.05, 0.1) is 13.7 Å². The average Bonchev–Trinajstić information content (AvgIpc) is 3.06. The van der Waals surface area contributed by atoms with Gasteiger partial charge in [0.25, 0.3) is 0 Å². The molecule has 0 bridgehead atoms. The second kappa shape index (κ2) is 8.61. The third kappa shape index (κ3) is 4.84. The van der Waals surface area contributed by atoms with E-state index < -0.39 is 35.7 Å². The number of H-pyrrole nitrogens is 1. The van der Waals surface area contributed by atoms with Crippen molar-refractivity contribution in [2.45, 2.75) is 65.3 Å². The summed E-state index contributed by atoms with van der Waals surface area (Å²) >= 11 is 0. The molecule has 0 radical (unpaired) electrons. The molecule has 0 unspecified atom stereocenters. The van der Waals surface area contributed by atoms with Crippen LogP contribution in [-0.4, -0.2) is 52.6 Å². The lowest BCUT2D eigenvalue weighted by atomic mass is 9.95. The predicted molar refractivity (Wildman–Crippen MR) is 116 cm³/mol. The summed E-state index contributed by atoms with van der Waals surface area (Å²) in [6.07, 6.45) is -0.257. The number of aromatic nitrogens is 1. The van der Waals surface area contributed by atoms with Crippen LogP contribution in [-0.2, 0) is 32.0 Å². The first-order chi connectivity index (χ1) is 14.5. The van der Waals surface area contributed by atoms with Crippen molar-refractivity contribution in [3.05, 3.63) is 35.5 Å². The Morgan fingerprint density at radius 3 is 2.48 bits per heavy atom. The highest BCUT2D eigenvalue weighted by atomic mass is 16.6. The van der Waals surface area contributed by atoms with Crippen LogP contribution in [0, 0.1) is 5.92 Å². The molecule has 2 heterocycles. The highest BCUT2D eigenvalue weighted by Crippen LogP contribution is 2.31. The average molecular weight is 430 g/mol. The Kier molecular flexibility index (Phi) is 6.29. The van der Waals surface area contributed by atoms with Gasteiger partial charge in [0.15, 0.2) is 0 Å². The van der Waals surface area contributed by atoms with Crippen LogP contribution in [0.25, 0.3) is 10.9 Å². The molecule has 2 amide bonds. The van der Waals surface area contributed by atoms with Gasteiger partial charge in [-0.1, -0.05) is 32.0 Å². The topological polar surface area (TPSA) is 101 Å². The van der Waals surface area contributed by atoms with Crippen LogP contribution in [0.1, 0.15) is 45.9 Å². The number of rotatable bonds is 4. The number of esters is 1. The Bertz CT molecular complexity index is 989. The molecule has 1 aliphatic rings. The molecule has 8 heteroatoms. The summed E-state index contributed by atoms with van der Waals surface area (Å²) in [5.41, 5.74) is 2.12. The van der Waals surface area contributed by atoms with Crippen LogP contribution in [0.15, 0.2) is 24.3 Å². The number of nitrogens with one attached hydrogen (secondary N) is 2. The Hall–Kier alpha value is -3.03. The maximum absolute atomic E-state index is 13.3. The van der Waals surface area contributed by atoms with E-state index in [2.05, 4.69) is 10.3 Å². The molecule has 0 saturated heterocycles. The molecule has 3 rings (SSSR count). The SMILES string of the molecule is COC(=O)[C@@H](NC(=O)[C@@H]1Cc2c([nH]c3ccccc23)CN1C(=O)OC(C)(C)C)C(C)C. The van der Waals surface area contributed by atoms with Crippen LogP contribution >= 0.6 is 0 Å². The molecule has 2 N–H and O–H groups in total. The predicted octanol–water partition coefficient (Wildman–Crippen LogP) is 3.14. The fourth-order valence-corrected chi connectivity index (χ4v) is 3.83. The van der Waals surface area contributed by atoms with Crippen molar-refractivity contribution in [2.24, 2.45) is 5.92 Å². The highest BCUT2D eigenvalue weighted by molar-refractivity contribution is 5.92. The smallest absolute Gasteiger partial charge is 0.411 e. The maximum Gasteiger partial charge on any atom is 0.411 e. The van der Waals surface area contributed by atoms with E-state index in [1.165, 1.54) is 12.0 Å². The third-order valence-electron chi connectivity index (χ3n) is 5.35. The molecule has 0 aliphatic carbocycles. The van der Waals surface area contributed by atoms with E-state index in [0.717, 1.165) is 22.2 Å². The fourth-order valence-electron chi connectivity index (χ4n) is 3.83. The molecule has 8 nitrogen and oxygen atoms in total. The van der Waals surface area contributed by atoms with Gasteiger partial charge in [-0.15, -0.1) is 0 Å². The number of carbonyl (C=O) groups is 3. The Balaban J connectivity index is 1.96. The van der Waals surface area contributed by atoms with Gasteiger partial charge >= 0.3 is 12.1 Å². The minimum Gasteiger partial charge on any atom is -0.467 e. The normalized spacial score (nSPS) is 17.3. The van der Waals surface area contributed by atoms with E-state index in [1.54, 1.807) is 20.8 Å². The Morgan fingerprint density at radius 1 is 1.19 bits per heavy atom. The molecule has 168 valence electrons. The first kappa shape index (κ1) is 22.7. The number of carbonyl (C=O) groups excluding carboxylic acids is 3. The summed E-state index contributed by atoms with van der Waals surface area (Å²) in [5, 5.41) is 3.80. The van der Waals surface area contributed by atoms with Crippen molar-refractivity contribution < 1.29 is 23.9 Å². The molecule has 1 aromatic carbocycles. The zero-order chi connectivity index (χ0) is 22.9. The van der Waals surface area contributed by atoms with Crippen molar-refractivity contribution in [1.29, 1.82) is 0 Å². The second-order valence-electron chi connectivity index (χ2n) is 9.21.